The first-order chi connectivity index (χ1) is 10.4. The number of ether oxygens (including phenoxy) is 1. The van der Waals surface area contributed by atoms with Gasteiger partial charge >= 0.3 is 0 Å². The number of nitrogens with two attached hydrogens (primary N) is 1. The Morgan fingerprint density at radius 3 is 2.32 bits per heavy atom. The zero-order valence-electron chi connectivity index (χ0n) is 13.0. The molecule has 0 aliphatic carbocycles. The van der Waals surface area contributed by atoms with E-state index < -0.39 is 6.04 Å². The van der Waals surface area contributed by atoms with Crippen molar-refractivity contribution in [1.29, 1.82) is 0 Å². The van der Waals surface area contributed by atoms with Crippen LogP contribution in [0, 0.1) is 11.8 Å². The van der Waals surface area contributed by atoms with Crippen LogP contribution in [0.1, 0.15) is 33.1 Å². The second-order valence-electron chi connectivity index (χ2n) is 6.62. The van der Waals surface area contributed by atoms with Gasteiger partial charge in [0.2, 0.25) is 17.7 Å². The molecule has 3 rings (SSSR count). The van der Waals surface area contributed by atoms with E-state index in [9.17, 15) is 14.4 Å². The average molecular weight is 309 g/mol. The van der Waals surface area contributed by atoms with Crippen LogP contribution in [-0.4, -0.2) is 53.5 Å². The Balaban J connectivity index is 1.66. The summed E-state index contributed by atoms with van der Waals surface area (Å²) in [5, 5.41) is 2.74. The summed E-state index contributed by atoms with van der Waals surface area (Å²) in [7, 11) is 0. The number of rotatable bonds is 5. The third-order valence-electron chi connectivity index (χ3n) is 4.98. The molecule has 0 saturated carbocycles. The van der Waals surface area contributed by atoms with Crippen molar-refractivity contribution in [3.63, 3.8) is 0 Å². The molecule has 3 saturated heterocycles. The van der Waals surface area contributed by atoms with Crippen molar-refractivity contribution in [2.24, 2.45) is 17.6 Å². The van der Waals surface area contributed by atoms with E-state index >= 15 is 0 Å². The lowest BCUT2D eigenvalue weighted by atomic mass is 9.81. The Kier molecular flexibility index (Phi) is 3.94. The lowest BCUT2D eigenvalue weighted by Gasteiger charge is -2.24. The second-order valence-corrected chi connectivity index (χ2v) is 6.62. The topological polar surface area (TPSA) is 102 Å². The summed E-state index contributed by atoms with van der Waals surface area (Å²) in [6, 6.07) is -0.782. The first kappa shape index (κ1) is 15.4. The van der Waals surface area contributed by atoms with Crippen molar-refractivity contribution >= 4 is 17.7 Å². The molecule has 3 fully saturated rings. The third-order valence-corrected chi connectivity index (χ3v) is 4.98. The quantitative estimate of drug-likeness (QED) is 0.660. The van der Waals surface area contributed by atoms with Gasteiger partial charge < -0.3 is 15.8 Å². The van der Waals surface area contributed by atoms with Crippen molar-refractivity contribution in [3.05, 3.63) is 0 Å². The number of hydrogen-bond donors (Lipinski definition) is 2. The fraction of sp³-hybridized carbons (Fsp3) is 0.800. The van der Waals surface area contributed by atoms with Crippen molar-refractivity contribution in [2.45, 2.75) is 57.4 Å². The van der Waals surface area contributed by atoms with E-state index in [-0.39, 0.29) is 47.8 Å². The molecule has 22 heavy (non-hydrogen) atoms. The Morgan fingerprint density at radius 2 is 1.82 bits per heavy atom. The normalized spacial score (nSPS) is 35.7. The van der Waals surface area contributed by atoms with Gasteiger partial charge in [-0.05, 0) is 33.1 Å². The Bertz CT molecular complexity index is 479. The first-order valence-corrected chi connectivity index (χ1v) is 7.97. The average Bonchev–Trinajstić information content (AvgIpc) is 3.12. The molecule has 7 heteroatoms. The Morgan fingerprint density at radius 1 is 1.27 bits per heavy atom. The van der Waals surface area contributed by atoms with E-state index in [1.54, 1.807) is 6.92 Å². The highest BCUT2D eigenvalue weighted by atomic mass is 16.5. The molecule has 2 bridgehead atoms. The molecule has 7 nitrogen and oxygen atoms in total. The molecule has 0 radical (unpaired) electrons. The molecule has 0 aromatic heterocycles. The monoisotopic (exact) mass is 309 g/mol. The molecule has 3 N–H and O–H groups in total. The number of carbonyl (C=O) groups excluding carboxylic acids is 3. The lowest BCUT2D eigenvalue weighted by molar-refractivity contribution is -0.149. The standard InChI is InChI=1S/C15H23N3O4/c1-7(16)5-6-17-13(19)8(2)18-14(20)11-9-3-4-10(22-9)12(11)15(18)21/h7-12H,3-6,16H2,1-2H3,(H,17,19). The van der Waals surface area contributed by atoms with Gasteiger partial charge in [-0.3, -0.25) is 19.3 Å². The highest BCUT2D eigenvalue weighted by Gasteiger charge is 2.63. The molecule has 6 atom stereocenters. The number of likely N-dealkylation sites (tertiary alicyclic amines) is 1. The van der Waals surface area contributed by atoms with Crippen molar-refractivity contribution in [1.82, 2.24) is 10.2 Å². The van der Waals surface area contributed by atoms with Crippen LogP contribution in [0.2, 0.25) is 0 Å². The van der Waals surface area contributed by atoms with Gasteiger partial charge in [0, 0.05) is 12.6 Å². The van der Waals surface area contributed by atoms with E-state index in [0.717, 1.165) is 17.7 Å². The SMILES string of the molecule is CC(N)CCNC(=O)C(C)N1C(=O)C2C3CCC(O3)C2C1=O. The molecule has 0 spiro atoms. The van der Waals surface area contributed by atoms with E-state index in [2.05, 4.69) is 5.32 Å². The van der Waals surface area contributed by atoms with E-state index in [1.165, 1.54) is 0 Å². The minimum atomic E-state index is -0.780. The maximum atomic E-state index is 12.5. The van der Waals surface area contributed by atoms with Gasteiger partial charge in [-0.2, -0.15) is 0 Å². The summed E-state index contributed by atoms with van der Waals surface area (Å²) in [5.74, 6) is -1.58. The molecule has 3 aliphatic heterocycles. The number of carbonyl (C=O) groups is 3. The molecule has 3 heterocycles. The number of nitrogens with zero attached hydrogens (tertiary/aromatic N) is 1. The Labute approximate surface area is 129 Å². The van der Waals surface area contributed by atoms with E-state index in [0.29, 0.717) is 13.0 Å². The van der Waals surface area contributed by atoms with Crippen LogP contribution in [0.5, 0.6) is 0 Å². The molecule has 0 aromatic carbocycles. The summed E-state index contributed by atoms with van der Waals surface area (Å²) < 4.78 is 5.68. The predicted octanol–water partition coefficient (Wildman–Crippen LogP) is -0.609. The van der Waals surface area contributed by atoms with Crippen LogP contribution in [0.3, 0.4) is 0 Å². The van der Waals surface area contributed by atoms with Crippen LogP contribution in [-0.2, 0) is 19.1 Å². The van der Waals surface area contributed by atoms with Crippen LogP contribution in [0.4, 0.5) is 0 Å². The molecule has 3 aliphatic rings. The zero-order valence-corrected chi connectivity index (χ0v) is 13.0. The number of nitrogens with one attached hydrogen (secondary N) is 1. The van der Waals surface area contributed by atoms with E-state index in [1.807, 2.05) is 6.92 Å². The van der Waals surface area contributed by atoms with Gasteiger partial charge in [0.05, 0.1) is 24.0 Å². The molecule has 0 aromatic rings. The summed E-state index contributed by atoms with van der Waals surface area (Å²) >= 11 is 0. The first-order valence-electron chi connectivity index (χ1n) is 7.97. The highest BCUT2D eigenvalue weighted by molar-refractivity contribution is 6.09. The van der Waals surface area contributed by atoms with Crippen molar-refractivity contribution in [2.75, 3.05) is 6.54 Å². The van der Waals surface area contributed by atoms with Gasteiger partial charge in [0.1, 0.15) is 6.04 Å². The van der Waals surface area contributed by atoms with Gasteiger partial charge in [-0.25, -0.2) is 0 Å². The summed E-state index contributed by atoms with van der Waals surface area (Å²) in [4.78, 5) is 38.4. The zero-order chi connectivity index (χ0) is 16.0. The third kappa shape index (κ3) is 2.32. The summed E-state index contributed by atoms with van der Waals surface area (Å²) in [6.07, 6.45) is 2.01. The largest absolute Gasteiger partial charge is 0.373 e. The molecular formula is C15H23N3O4. The van der Waals surface area contributed by atoms with Crippen molar-refractivity contribution in [3.8, 4) is 0 Å². The number of fused-ring (bicyclic) bond motifs is 5. The van der Waals surface area contributed by atoms with Crippen LogP contribution in [0.25, 0.3) is 0 Å². The smallest absolute Gasteiger partial charge is 0.243 e. The molecule has 3 amide bonds. The van der Waals surface area contributed by atoms with Crippen LogP contribution in [0.15, 0.2) is 0 Å². The maximum absolute atomic E-state index is 12.5. The number of hydrogen-bond acceptors (Lipinski definition) is 5. The van der Waals surface area contributed by atoms with Gasteiger partial charge in [0.25, 0.3) is 0 Å². The highest BCUT2D eigenvalue weighted by Crippen LogP contribution is 2.48. The minimum absolute atomic E-state index is 0.00205. The summed E-state index contributed by atoms with van der Waals surface area (Å²) in [5.41, 5.74) is 5.64. The molecular weight excluding hydrogens is 286 g/mol. The fourth-order valence-electron chi connectivity index (χ4n) is 3.80. The van der Waals surface area contributed by atoms with Crippen LogP contribution >= 0.6 is 0 Å². The van der Waals surface area contributed by atoms with Gasteiger partial charge in [-0.15, -0.1) is 0 Å². The van der Waals surface area contributed by atoms with Crippen LogP contribution < -0.4 is 11.1 Å². The fourth-order valence-corrected chi connectivity index (χ4v) is 3.80. The Hall–Kier alpha value is -1.47. The molecule has 122 valence electrons. The van der Waals surface area contributed by atoms with Gasteiger partial charge in [0.15, 0.2) is 0 Å². The predicted molar refractivity (Wildman–Crippen MR) is 77.5 cm³/mol. The van der Waals surface area contributed by atoms with Crippen molar-refractivity contribution < 1.29 is 19.1 Å². The number of amides is 3. The number of imide groups is 1. The lowest BCUT2D eigenvalue weighted by Crippen LogP contribution is -2.49. The van der Waals surface area contributed by atoms with E-state index in [4.69, 9.17) is 10.5 Å². The summed E-state index contributed by atoms with van der Waals surface area (Å²) in [6.45, 7) is 3.90. The molecule has 6 unspecified atom stereocenters. The minimum Gasteiger partial charge on any atom is -0.373 e. The maximum Gasteiger partial charge on any atom is 0.243 e. The van der Waals surface area contributed by atoms with Gasteiger partial charge in [-0.1, -0.05) is 0 Å². The second kappa shape index (κ2) is 5.62.